The van der Waals surface area contributed by atoms with Gasteiger partial charge in [-0.1, -0.05) is 18.2 Å². The number of aryl methyl sites for hydroxylation is 1. The second-order valence-corrected chi connectivity index (χ2v) is 7.23. The van der Waals surface area contributed by atoms with E-state index in [-0.39, 0.29) is 18.6 Å². The monoisotopic (exact) mass is 390 g/mol. The molecule has 0 unspecified atom stereocenters. The summed E-state index contributed by atoms with van der Waals surface area (Å²) in [5.41, 5.74) is 3.13. The molecule has 2 aromatic heterocycles. The summed E-state index contributed by atoms with van der Waals surface area (Å²) >= 11 is 0. The maximum absolute atomic E-state index is 12.3. The van der Waals surface area contributed by atoms with E-state index in [2.05, 4.69) is 16.4 Å². The van der Waals surface area contributed by atoms with Crippen molar-refractivity contribution in [1.82, 2.24) is 10.3 Å². The number of benzene rings is 2. The first-order valence-corrected chi connectivity index (χ1v) is 9.51. The number of rotatable bonds is 6. The molecule has 0 radical (unpaired) electrons. The molecule has 0 bridgehead atoms. The van der Waals surface area contributed by atoms with E-state index >= 15 is 0 Å². The lowest BCUT2D eigenvalue weighted by Crippen LogP contribution is -2.37. The highest BCUT2D eigenvalue weighted by Crippen LogP contribution is 2.22. The summed E-state index contributed by atoms with van der Waals surface area (Å²) in [6, 6.07) is 14.7. The van der Waals surface area contributed by atoms with Crippen molar-refractivity contribution in [2.45, 2.75) is 26.3 Å². The van der Waals surface area contributed by atoms with Crippen molar-refractivity contribution in [3.05, 3.63) is 76.3 Å². The Hall–Kier alpha value is -3.54. The van der Waals surface area contributed by atoms with Gasteiger partial charge in [0, 0.05) is 40.7 Å². The molecule has 148 valence electrons. The number of hydrogen-bond acceptors (Lipinski definition) is 4. The third-order valence-corrected chi connectivity index (χ3v) is 4.90. The first kappa shape index (κ1) is 18.8. The molecule has 2 N–H and O–H groups in total. The maximum atomic E-state index is 12.3. The number of H-pyrrole nitrogens is 1. The van der Waals surface area contributed by atoms with Crippen LogP contribution < -0.4 is 15.7 Å². The van der Waals surface area contributed by atoms with Crippen LogP contribution in [0.3, 0.4) is 0 Å². The Labute approximate surface area is 167 Å². The number of carbonyl (C=O) groups excluding carboxylic acids is 1. The molecule has 2 heterocycles. The number of carbonyl (C=O) groups is 1. The fraction of sp³-hybridized carbons (Fsp3) is 0.217. The van der Waals surface area contributed by atoms with Crippen LogP contribution >= 0.6 is 0 Å². The van der Waals surface area contributed by atoms with Crippen molar-refractivity contribution < 1.29 is 13.9 Å². The molecule has 0 aliphatic carbocycles. The van der Waals surface area contributed by atoms with E-state index in [1.807, 2.05) is 44.3 Å². The Morgan fingerprint density at radius 3 is 2.86 bits per heavy atom. The Morgan fingerprint density at radius 1 is 1.17 bits per heavy atom. The summed E-state index contributed by atoms with van der Waals surface area (Å²) < 4.78 is 10.8. The highest BCUT2D eigenvalue weighted by atomic mass is 16.5. The van der Waals surface area contributed by atoms with Gasteiger partial charge in [-0.25, -0.2) is 4.79 Å². The fourth-order valence-corrected chi connectivity index (χ4v) is 3.54. The molecule has 4 rings (SSSR count). The SMILES string of the molecule is Cc1cc(=O)oc2cc(OCC(=O)N[C@@H](C)Cc3c[nH]c4ccccc34)ccc12. The molecular weight excluding hydrogens is 368 g/mol. The van der Waals surface area contributed by atoms with E-state index in [1.165, 1.54) is 6.07 Å². The number of amides is 1. The molecule has 1 amide bonds. The van der Waals surface area contributed by atoms with Gasteiger partial charge in [0.25, 0.3) is 5.91 Å². The highest BCUT2D eigenvalue weighted by Gasteiger charge is 2.12. The van der Waals surface area contributed by atoms with E-state index in [1.54, 1.807) is 12.1 Å². The average Bonchev–Trinajstić information content (AvgIpc) is 3.09. The summed E-state index contributed by atoms with van der Waals surface area (Å²) in [6.07, 6.45) is 2.70. The fourth-order valence-electron chi connectivity index (χ4n) is 3.54. The number of aromatic amines is 1. The van der Waals surface area contributed by atoms with E-state index in [0.29, 0.717) is 11.3 Å². The van der Waals surface area contributed by atoms with Gasteiger partial charge < -0.3 is 19.5 Å². The minimum atomic E-state index is -0.406. The van der Waals surface area contributed by atoms with Gasteiger partial charge in [0.2, 0.25) is 0 Å². The van der Waals surface area contributed by atoms with Gasteiger partial charge in [-0.15, -0.1) is 0 Å². The molecule has 2 aromatic carbocycles. The van der Waals surface area contributed by atoms with Crippen molar-refractivity contribution in [2.24, 2.45) is 0 Å². The van der Waals surface area contributed by atoms with Crippen LogP contribution in [-0.4, -0.2) is 23.5 Å². The van der Waals surface area contributed by atoms with Crippen LogP contribution in [0.2, 0.25) is 0 Å². The zero-order valence-corrected chi connectivity index (χ0v) is 16.3. The minimum absolute atomic E-state index is 0.0393. The Kier molecular flexibility index (Phi) is 5.08. The van der Waals surface area contributed by atoms with Gasteiger partial charge in [0.15, 0.2) is 6.61 Å². The molecule has 0 saturated carbocycles. The predicted molar refractivity (Wildman–Crippen MR) is 112 cm³/mol. The standard InChI is InChI=1S/C23H22N2O4/c1-14-9-23(27)29-21-11-17(7-8-18(14)21)28-13-22(26)25-15(2)10-16-12-24-20-6-4-3-5-19(16)20/h3-9,11-12,15,24H,10,13H2,1-2H3,(H,25,26)/t15-/m0/s1. The third kappa shape index (κ3) is 4.16. The number of aromatic nitrogens is 1. The molecule has 0 spiro atoms. The van der Waals surface area contributed by atoms with Gasteiger partial charge in [0.05, 0.1) is 0 Å². The number of fused-ring (bicyclic) bond motifs is 2. The normalized spacial score (nSPS) is 12.2. The Balaban J connectivity index is 1.36. The number of para-hydroxylation sites is 1. The summed E-state index contributed by atoms with van der Waals surface area (Å²) in [5, 5.41) is 4.96. The topological polar surface area (TPSA) is 84.3 Å². The number of hydrogen-bond donors (Lipinski definition) is 2. The van der Waals surface area contributed by atoms with Crippen molar-refractivity contribution >= 4 is 27.8 Å². The van der Waals surface area contributed by atoms with Gasteiger partial charge in [0.1, 0.15) is 11.3 Å². The van der Waals surface area contributed by atoms with Crippen LogP contribution in [0, 0.1) is 6.92 Å². The first-order chi connectivity index (χ1) is 14.0. The highest BCUT2D eigenvalue weighted by molar-refractivity contribution is 5.84. The van der Waals surface area contributed by atoms with Crippen LogP contribution in [0.4, 0.5) is 0 Å². The summed E-state index contributed by atoms with van der Waals surface area (Å²) in [7, 11) is 0. The summed E-state index contributed by atoms with van der Waals surface area (Å²) in [6.45, 7) is 3.70. The third-order valence-electron chi connectivity index (χ3n) is 4.90. The number of nitrogens with one attached hydrogen (secondary N) is 2. The van der Waals surface area contributed by atoms with Crippen molar-refractivity contribution in [3.63, 3.8) is 0 Å². The lowest BCUT2D eigenvalue weighted by Gasteiger charge is -2.14. The van der Waals surface area contributed by atoms with Crippen molar-refractivity contribution in [1.29, 1.82) is 0 Å². The van der Waals surface area contributed by atoms with E-state index in [9.17, 15) is 9.59 Å². The molecule has 29 heavy (non-hydrogen) atoms. The van der Waals surface area contributed by atoms with E-state index in [0.717, 1.165) is 33.8 Å². The second kappa shape index (κ2) is 7.83. The zero-order valence-electron chi connectivity index (χ0n) is 16.3. The van der Waals surface area contributed by atoms with Gasteiger partial charge >= 0.3 is 5.63 Å². The number of ether oxygens (including phenoxy) is 1. The molecule has 0 aliphatic rings. The molecule has 6 heteroatoms. The van der Waals surface area contributed by atoms with Crippen LogP contribution in [0.1, 0.15) is 18.1 Å². The van der Waals surface area contributed by atoms with Gasteiger partial charge in [-0.2, -0.15) is 0 Å². The zero-order chi connectivity index (χ0) is 20.4. The first-order valence-electron chi connectivity index (χ1n) is 9.51. The van der Waals surface area contributed by atoms with Crippen molar-refractivity contribution in [3.8, 4) is 5.75 Å². The van der Waals surface area contributed by atoms with Crippen LogP contribution in [0.15, 0.2) is 63.9 Å². The van der Waals surface area contributed by atoms with Crippen LogP contribution in [0.25, 0.3) is 21.9 Å². The Morgan fingerprint density at radius 2 is 2.00 bits per heavy atom. The molecule has 4 aromatic rings. The molecule has 0 saturated heterocycles. The molecule has 0 fully saturated rings. The Bertz CT molecular complexity index is 1240. The average molecular weight is 390 g/mol. The molecule has 0 aliphatic heterocycles. The smallest absolute Gasteiger partial charge is 0.336 e. The van der Waals surface area contributed by atoms with Crippen LogP contribution in [-0.2, 0) is 11.2 Å². The molecule has 6 nitrogen and oxygen atoms in total. The second-order valence-electron chi connectivity index (χ2n) is 7.23. The largest absolute Gasteiger partial charge is 0.484 e. The van der Waals surface area contributed by atoms with Gasteiger partial charge in [-0.3, -0.25) is 4.79 Å². The molecular formula is C23H22N2O4. The van der Waals surface area contributed by atoms with E-state index < -0.39 is 5.63 Å². The van der Waals surface area contributed by atoms with Crippen molar-refractivity contribution in [2.75, 3.05) is 6.61 Å². The lowest BCUT2D eigenvalue weighted by molar-refractivity contribution is -0.123. The molecule has 1 atom stereocenters. The quantitative estimate of drug-likeness (QED) is 0.492. The maximum Gasteiger partial charge on any atom is 0.336 e. The summed E-state index contributed by atoms with van der Waals surface area (Å²) in [4.78, 5) is 27.1. The predicted octanol–water partition coefficient (Wildman–Crippen LogP) is 3.71. The van der Waals surface area contributed by atoms with E-state index in [4.69, 9.17) is 9.15 Å². The van der Waals surface area contributed by atoms with Gasteiger partial charge in [-0.05, 0) is 49.6 Å². The minimum Gasteiger partial charge on any atom is -0.484 e. The lowest BCUT2D eigenvalue weighted by atomic mass is 10.1. The summed E-state index contributed by atoms with van der Waals surface area (Å²) in [5.74, 6) is 0.272. The van der Waals surface area contributed by atoms with Crippen LogP contribution in [0.5, 0.6) is 5.75 Å².